The molecule has 1 aliphatic rings. The summed E-state index contributed by atoms with van der Waals surface area (Å²) in [6.45, 7) is 1.52. The Morgan fingerprint density at radius 3 is 2.58 bits per heavy atom. The maximum atomic E-state index is 12.8. The first-order valence-corrected chi connectivity index (χ1v) is 10.3. The fourth-order valence-electron chi connectivity index (χ4n) is 3.66. The van der Waals surface area contributed by atoms with Crippen LogP contribution in [0.15, 0.2) is 48.8 Å². The normalized spacial score (nSPS) is 15.9. The summed E-state index contributed by atoms with van der Waals surface area (Å²) in [6.07, 6.45) is 5.11. The van der Waals surface area contributed by atoms with E-state index in [-0.39, 0.29) is 31.1 Å². The van der Waals surface area contributed by atoms with Crippen LogP contribution in [0.25, 0.3) is 0 Å². The molecule has 0 saturated carbocycles. The lowest BCUT2D eigenvalue weighted by Gasteiger charge is -2.39. The van der Waals surface area contributed by atoms with Gasteiger partial charge in [0.1, 0.15) is 18.1 Å². The average Bonchev–Trinajstić information content (AvgIpc) is 2.82. The molecule has 0 N–H and O–H groups in total. The number of likely N-dealkylation sites (tertiary alicyclic amines) is 1. The molecule has 0 spiro atoms. The molecule has 1 aromatic heterocycles. The van der Waals surface area contributed by atoms with Gasteiger partial charge < -0.3 is 24.0 Å². The van der Waals surface area contributed by atoms with Crippen molar-refractivity contribution in [2.45, 2.75) is 25.4 Å². The van der Waals surface area contributed by atoms with E-state index in [1.807, 2.05) is 12.1 Å². The van der Waals surface area contributed by atoms with Crippen molar-refractivity contribution in [3.63, 3.8) is 0 Å². The summed E-state index contributed by atoms with van der Waals surface area (Å²) in [4.78, 5) is 33.2. The largest absolute Gasteiger partial charge is 0.497 e. The number of benzene rings is 1. The molecule has 31 heavy (non-hydrogen) atoms. The van der Waals surface area contributed by atoms with Crippen LogP contribution in [-0.4, -0.2) is 73.2 Å². The van der Waals surface area contributed by atoms with E-state index >= 15 is 0 Å². The third-order valence-corrected chi connectivity index (χ3v) is 5.28. The van der Waals surface area contributed by atoms with Crippen molar-refractivity contribution in [3.8, 4) is 11.5 Å². The van der Waals surface area contributed by atoms with Crippen molar-refractivity contribution >= 4 is 11.8 Å². The fraction of sp³-hybridized carbons (Fsp3) is 0.435. The Morgan fingerprint density at radius 1 is 1.13 bits per heavy atom. The number of carbonyl (C=O) groups excluding carboxylic acids is 2. The molecule has 1 atom stereocenters. The van der Waals surface area contributed by atoms with Crippen molar-refractivity contribution < 1.29 is 23.8 Å². The van der Waals surface area contributed by atoms with E-state index < -0.39 is 0 Å². The second-order valence-corrected chi connectivity index (χ2v) is 7.42. The summed E-state index contributed by atoms with van der Waals surface area (Å²) < 4.78 is 15.8. The minimum atomic E-state index is -0.0971. The minimum absolute atomic E-state index is 0.00525. The highest BCUT2D eigenvalue weighted by molar-refractivity contribution is 5.79. The molecular formula is C23H29N3O5. The van der Waals surface area contributed by atoms with Crippen molar-refractivity contribution in [2.24, 2.45) is 0 Å². The summed E-state index contributed by atoms with van der Waals surface area (Å²) in [5.74, 6) is 1.14. The number of piperidine rings is 1. The number of nitrogens with zero attached hydrogens (tertiary/aromatic N) is 3. The van der Waals surface area contributed by atoms with Crippen LogP contribution in [0.5, 0.6) is 11.5 Å². The highest BCUT2D eigenvalue weighted by atomic mass is 16.5. The predicted octanol–water partition coefficient (Wildman–Crippen LogP) is 2.14. The number of aromatic nitrogens is 1. The zero-order valence-corrected chi connectivity index (χ0v) is 18.0. The maximum Gasteiger partial charge on any atom is 0.260 e. The summed E-state index contributed by atoms with van der Waals surface area (Å²) in [5.41, 5.74) is 0.943. The second kappa shape index (κ2) is 11.3. The van der Waals surface area contributed by atoms with Gasteiger partial charge in [-0.1, -0.05) is 6.07 Å². The third-order valence-electron chi connectivity index (χ3n) is 5.28. The van der Waals surface area contributed by atoms with Crippen molar-refractivity contribution in [1.82, 2.24) is 14.8 Å². The first kappa shape index (κ1) is 22.6. The van der Waals surface area contributed by atoms with Crippen LogP contribution < -0.4 is 9.47 Å². The van der Waals surface area contributed by atoms with Gasteiger partial charge in [0.15, 0.2) is 6.61 Å². The lowest BCUT2D eigenvalue weighted by molar-refractivity contribution is -0.143. The van der Waals surface area contributed by atoms with E-state index in [0.29, 0.717) is 25.4 Å². The Balaban J connectivity index is 1.61. The topological polar surface area (TPSA) is 81.2 Å². The number of hydrogen-bond donors (Lipinski definition) is 0. The third kappa shape index (κ3) is 6.42. The molecule has 0 aliphatic carbocycles. The number of carbonyl (C=O) groups is 2. The number of hydrogen-bond acceptors (Lipinski definition) is 6. The SMILES string of the molecule is COCC(=O)N(Cc1cccnc1)C1CCCN(C(=O)COc2ccc(OC)cc2)C1. The van der Waals surface area contributed by atoms with E-state index in [1.54, 1.807) is 53.6 Å². The molecule has 8 nitrogen and oxygen atoms in total. The molecular weight excluding hydrogens is 398 g/mol. The number of ether oxygens (including phenoxy) is 3. The number of amides is 2. The first-order valence-electron chi connectivity index (χ1n) is 10.3. The summed E-state index contributed by atoms with van der Waals surface area (Å²) in [6, 6.07) is 10.8. The highest BCUT2D eigenvalue weighted by Crippen LogP contribution is 2.20. The highest BCUT2D eigenvalue weighted by Gasteiger charge is 2.30. The molecule has 1 fully saturated rings. The average molecular weight is 428 g/mol. The van der Waals surface area contributed by atoms with Crippen LogP contribution >= 0.6 is 0 Å². The standard InChI is InChI=1S/C23H29N3O5/c1-29-16-23(28)26(14-18-5-3-11-24-13-18)19-6-4-12-25(15-19)22(27)17-31-21-9-7-20(30-2)8-10-21/h3,5,7-11,13,19H,4,6,12,14-17H2,1-2H3. The molecule has 1 saturated heterocycles. The molecule has 2 aromatic rings. The number of rotatable bonds is 9. The summed E-state index contributed by atoms with van der Waals surface area (Å²) >= 11 is 0. The Kier molecular flexibility index (Phi) is 8.23. The van der Waals surface area contributed by atoms with Crippen LogP contribution in [0.4, 0.5) is 0 Å². The fourth-order valence-corrected chi connectivity index (χ4v) is 3.66. The molecule has 0 radical (unpaired) electrons. The molecule has 1 aliphatic heterocycles. The lowest BCUT2D eigenvalue weighted by Crippen LogP contribution is -2.52. The van der Waals surface area contributed by atoms with Crippen molar-refractivity contribution in [2.75, 3.05) is 40.5 Å². The van der Waals surface area contributed by atoms with Gasteiger partial charge in [0, 0.05) is 45.2 Å². The second-order valence-electron chi connectivity index (χ2n) is 7.42. The monoisotopic (exact) mass is 427 g/mol. The van der Waals surface area contributed by atoms with Gasteiger partial charge in [0.05, 0.1) is 7.11 Å². The smallest absolute Gasteiger partial charge is 0.260 e. The molecule has 2 heterocycles. The Bertz CT molecular complexity index is 844. The van der Waals surface area contributed by atoms with Gasteiger partial charge in [-0.25, -0.2) is 0 Å². The first-order chi connectivity index (χ1) is 15.1. The maximum absolute atomic E-state index is 12.8. The van der Waals surface area contributed by atoms with Crippen LogP contribution in [-0.2, 0) is 20.9 Å². The molecule has 2 amide bonds. The summed E-state index contributed by atoms with van der Waals surface area (Å²) in [5, 5.41) is 0. The lowest BCUT2D eigenvalue weighted by atomic mass is 10.0. The van der Waals surface area contributed by atoms with Crippen LogP contribution in [0.3, 0.4) is 0 Å². The van der Waals surface area contributed by atoms with Gasteiger partial charge >= 0.3 is 0 Å². The predicted molar refractivity (Wildman–Crippen MR) is 115 cm³/mol. The minimum Gasteiger partial charge on any atom is -0.497 e. The van der Waals surface area contributed by atoms with Crippen LogP contribution in [0.2, 0.25) is 0 Å². The van der Waals surface area contributed by atoms with E-state index in [4.69, 9.17) is 14.2 Å². The van der Waals surface area contributed by atoms with Gasteiger partial charge in [-0.05, 0) is 48.7 Å². The molecule has 1 aromatic carbocycles. The van der Waals surface area contributed by atoms with Crippen molar-refractivity contribution in [3.05, 3.63) is 54.4 Å². The number of methoxy groups -OCH3 is 2. The van der Waals surface area contributed by atoms with Gasteiger partial charge in [0.2, 0.25) is 5.91 Å². The zero-order valence-electron chi connectivity index (χ0n) is 18.0. The molecule has 1 unspecified atom stereocenters. The summed E-state index contributed by atoms with van der Waals surface area (Å²) in [7, 11) is 3.11. The van der Waals surface area contributed by atoms with Gasteiger partial charge in [-0.3, -0.25) is 14.6 Å². The van der Waals surface area contributed by atoms with E-state index in [0.717, 1.165) is 24.2 Å². The van der Waals surface area contributed by atoms with E-state index in [2.05, 4.69) is 4.98 Å². The molecule has 8 heteroatoms. The van der Waals surface area contributed by atoms with Gasteiger partial charge in [-0.2, -0.15) is 0 Å². The van der Waals surface area contributed by atoms with Crippen LogP contribution in [0.1, 0.15) is 18.4 Å². The Labute approximate surface area is 182 Å². The Morgan fingerprint density at radius 2 is 1.90 bits per heavy atom. The van der Waals surface area contributed by atoms with Gasteiger partial charge in [-0.15, -0.1) is 0 Å². The van der Waals surface area contributed by atoms with Gasteiger partial charge in [0.25, 0.3) is 5.91 Å². The molecule has 166 valence electrons. The Hall–Kier alpha value is -3.13. The van der Waals surface area contributed by atoms with E-state index in [9.17, 15) is 9.59 Å². The molecule has 0 bridgehead atoms. The van der Waals surface area contributed by atoms with Crippen LogP contribution in [0, 0.1) is 0 Å². The zero-order chi connectivity index (χ0) is 22.1. The van der Waals surface area contributed by atoms with Crippen molar-refractivity contribution in [1.29, 1.82) is 0 Å². The quantitative estimate of drug-likeness (QED) is 0.610. The number of pyridine rings is 1. The van der Waals surface area contributed by atoms with E-state index in [1.165, 1.54) is 7.11 Å². The molecule has 3 rings (SSSR count).